The predicted octanol–water partition coefficient (Wildman–Crippen LogP) is 5.26. The summed E-state index contributed by atoms with van der Waals surface area (Å²) >= 11 is 0. The Bertz CT molecular complexity index is 433. The summed E-state index contributed by atoms with van der Waals surface area (Å²) in [6.07, 6.45) is 7.63. The second kappa shape index (κ2) is 5.85. The summed E-state index contributed by atoms with van der Waals surface area (Å²) < 4.78 is 0. The van der Waals surface area contributed by atoms with Crippen LogP contribution in [0.3, 0.4) is 0 Å². The van der Waals surface area contributed by atoms with Gasteiger partial charge in [0.05, 0.1) is 5.66 Å². The first-order chi connectivity index (χ1) is 10.3. The van der Waals surface area contributed by atoms with Crippen molar-refractivity contribution in [2.75, 3.05) is 13.1 Å². The molecule has 128 valence electrons. The Labute approximate surface area is 138 Å². The van der Waals surface area contributed by atoms with Gasteiger partial charge in [-0.25, -0.2) is 0 Å². The third-order valence-electron chi connectivity index (χ3n) is 6.61. The van der Waals surface area contributed by atoms with E-state index in [4.69, 9.17) is 0 Å². The lowest BCUT2D eigenvalue weighted by Crippen LogP contribution is -2.69. The number of allylic oxidation sites excluding steroid dienone is 1. The zero-order chi connectivity index (χ0) is 16.8. The minimum absolute atomic E-state index is 0.175. The van der Waals surface area contributed by atoms with Gasteiger partial charge in [-0.2, -0.15) is 0 Å². The average molecular weight is 307 g/mol. The maximum Gasteiger partial charge on any atom is 0.0998 e. The smallest absolute Gasteiger partial charge is 0.0998 e. The number of hydrogen-bond donors (Lipinski definition) is 0. The van der Waals surface area contributed by atoms with Crippen molar-refractivity contribution in [2.45, 2.75) is 92.3 Å². The monoisotopic (exact) mass is 306 g/mol. The molecule has 2 aliphatic rings. The first kappa shape index (κ1) is 17.8. The van der Waals surface area contributed by atoms with Crippen molar-refractivity contribution >= 4 is 0 Å². The fourth-order valence-corrected chi connectivity index (χ4v) is 6.03. The van der Waals surface area contributed by atoms with Crippen LogP contribution in [0.2, 0.25) is 0 Å². The van der Waals surface area contributed by atoms with Crippen molar-refractivity contribution in [3.8, 4) is 0 Å². The average Bonchev–Trinajstić information content (AvgIpc) is 2.63. The Kier molecular flexibility index (Phi) is 4.75. The van der Waals surface area contributed by atoms with E-state index < -0.39 is 0 Å². The van der Waals surface area contributed by atoms with Crippen LogP contribution in [0.4, 0.5) is 0 Å². The molecule has 0 aromatic carbocycles. The molecule has 1 saturated heterocycles. The number of fused-ring (bicyclic) bond motifs is 2. The van der Waals surface area contributed by atoms with Gasteiger partial charge in [0.15, 0.2) is 0 Å². The molecule has 3 unspecified atom stereocenters. The summed E-state index contributed by atoms with van der Waals surface area (Å²) in [5, 5.41) is 0. The van der Waals surface area contributed by atoms with E-state index in [-0.39, 0.29) is 11.2 Å². The zero-order valence-electron chi connectivity index (χ0n) is 16.3. The number of nitrogens with zero attached hydrogens (tertiary/aromatic N) is 2. The standard InChI is InChI=1S/C20H38N2/c1-9-14-19(10-2)16(5)17-13-15-21(12-4)20(19,11-3)22(17)18(6,7)8/h13,16H,9-12,14-15H2,1-8H3. The van der Waals surface area contributed by atoms with E-state index in [1.54, 1.807) is 5.70 Å². The SMILES string of the molecule is CCCC1(CC)C(C)C2=CCN(CC)C1(CC)N2C(C)(C)C. The molecule has 2 bridgehead atoms. The van der Waals surface area contributed by atoms with Crippen LogP contribution in [0.25, 0.3) is 0 Å². The molecule has 2 heterocycles. The van der Waals surface area contributed by atoms with Crippen LogP contribution in [0.1, 0.15) is 81.1 Å². The molecule has 2 nitrogen and oxygen atoms in total. The van der Waals surface area contributed by atoms with E-state index in [1.165, 1.54) is 25.7 Å². The summed E-state index contributed by atoms with van der Waals surface area (Å²) in [5.41, 5.74) is 2.36. The van der Waals surface area contributed by atoms with Crippen LogP contribution in [-0.4, -0.2) is 34.1 Å². The van der Waals surface area contributed by atoms with Gasteiger partial charge in [-0.05, 0) is 46.6 Å². The van der Waals surface area contributed by atoms with Crippen LogP contribution in [0.5, 0.6) is 0 Å². The summed E-state index contributed by atoms with van der Waals surface area (Å²) in [6.45, 7) is 21.5. The molecule has 0 aliphatic carbocycles. The molecule has 0 aromatic heterocycles. The van der Waals surface area contributed by atoms with Crippen LogP contribution >= 0.6 is 0 Å². The van der Waals surface area contributed by atoms with Crippen LogP contribution in [-0.2, 0) is 0 Å². The van der Waals surface area contributed by atoms with E-state index in [2.05, 4.69) is 71.3 Å². The van der Waals surface area contributed by atoms with Crippen molar-refractivity contribution in [1.29, 1.82) is 0 Å². The van der Waals surface area contributed by atoms with Gasteiger partial charge in [0.25, 0.3) is 0 Å². The lowest BCUT2D eigenvalue weighted by molar-refractivity contribution is -0.141. The third kappa shape index (κ3) is 2.02. The molecule has 22 heavy (non-hydrogen) atoms. The van der Waals surface area contributed by atoms with Gasteiger partial charge in [-0.15, -0.1) is 0 Å². The van der Waals surface area contributed by atoms with E-state index in [9.17, 15) is 0 Å². The van der Waals surface area contributed by atoms with Crippen molar-refractivity contribution < 1.29 is 0 Å². The Balaban J connectivity index is 2.74. The van der Waals surface area contributed by atoms with Gasteiger partial charge < -0.3 is 4.90 Å². The van der Waals surface area contributed by atoms with E-state index >= 15 is 0 Å². The summed E-state index contributed by atoms with van der Waals surface area (Å²) in [4.78, 5) is 5.58. The first-order valence-electron chi connectivity index (χ1n) is 9.52. The third-order valence-corrected chi connectivity index (χ3v) is 6.61. The van der Waals surface area contributed by atoms with Crippen molar-refractivity contribution in [2.24, 2.45) is 11.3 Å². The highest BCUT2D eigenvalue weighted by Gasteiger charge is 2.67. The van der Waals surface area contributed by atoms with E-state index in [1.807, 2.05) is 0 Å². The largest absolute Gasteiger partial charge is 0.351 e. The molecule has 2 rings (SSSR count). The van der Waals surface area contributed by atoms with Gasteiger partial charge in [0, 0.05) is 29.1 Å². The molecule has 2 heteroatoms. The minimum atomic E-state index is 0.175. The molecule has 1 fully saturated rings. The van der Waals surface area contributed by atoms with E-state index in [0.717, 1.165) is 13.1 Å². The topological polar surface area (TPSA) is 6.48 Å². The molecule has 0 radical (unpaired) electrons. The van der Waals surface area contributed by atoms with Crippen LogP contribution in [0.15, 0.2) is 11.8 Å². The molecule has 2 aliphatic heterocycles. The molecule has 0 spiro atoms. The van der Waals surface area contributed by atoms with Gasteiger partial charge in [0.1, 0.15) is 0 Å². The van der Waals surface area contributed by atoms with E-state index in [0.29, 0.717) is 11.3 Å². The molecular formula is C20H38N2. The lowest BCUT2D eigenvalue weighted by Gasteiger charge is -2.61. The second-order valence-electron chi connectivity index (χ2n) is 8.33. The Morgan fingerprint density at radius 3 is 2.18 bits per heavy atom. The van der Waals surface area contributed by atoms with Crippen molar-refractivity contribution in [1.82, 2.24) is 9.80 Å². The summed E-state index contributed by atoms with van der Waals surface area (Å²) in [6, 6.07) is 0. The van der Waals surface area contributed by atoms with Gasteiger partial charge >= 0.3 is 0 Å². The van der Waals surface area contributed by atoms with Gasteiger partial charge in [-0.3, -0.25) is 4.90 Å². The molecular weight excluding hydrogens is 268 g/mol. The fourth-order valence-electron chi connectivity index (χ4n) is 6.03. The summed E-state index contributed by atoms with van der Waals surface area (Å²) in [7, 11) is 0. The second-order valence-corrected chi connectivity index (χ2v) is 8.33. The zero-order valence-corrected chi connectivity index (χ0v) is 16.3. The maximum atomic E-state index is 2.82. The highest BCUT2D eigenvalue weighted by atomic mass is 15.5. The van der Waals surface area contributed by atoms with Crippen LogP contribution < -0.4 is 0 Å². The van der Waals surface area contributed by atoms with Gasteiger partial charge in [-0.1, -0.05) is 47.1 Å². The van der Waals surface area contributed by atoms with Crippen molar-refractivity contribution in [3.63, 3.8) is 0 Å². The molecule has 0 aromatic rings. The Morgan fingerprint density at radius 1 is 1.14 bits per heavy atom. The van der Waals surface area contributed by atoms with Crippen molar-refractivity contribution in [3.05, 3.63) is 11.8 Å². The molecule has 0 saturated carbocycles. The number of rotatable bonds is 5. The Morgan fingerprint density at radius 2 is 1.77 bits per heavy atom. The quantitative estimate of drug-likeness (QED) is 0.683. The number of hydrogen-bond acceptors (Lipinski definition) is 2. The van der Waals surface area contributed by atoms with Gasteiger partial charge in [0.2, 0.25) is 0 Å². The lowest BCUT2D eigenvalue weighted by atomic mass is 9.63. The number of likely N-dealkylation sites (N-methyl/N-ethyl adjacent to an activating group) is 1. The molecule has 0 N–H and O–H groups in total. The fraction of sp³-hybridized carbons (Fsp3) is 0.900. The normalized spacial score (nSPS) is 35.9. The summed E-state index contributed by atoms with van der Waals surface area (Å²) in [5.74, 6) is 0.660. The maximum absolute atomic E-state index is 2.82. The molecule has 0 amide bonds. The first-order valence-corrected chi connectivity index (χ1v) is 9.52. The molecule has 3 atom stereocenters. The highest BCUT2D eigenvalue weighted by molar-refractivity contribution is 5.32. The Hall–Kier alpha value is -0.500. The minimum Gasteiger partial charge on any atom is -0.351 e. The predicted molar refractivity (Wildman–Crippen MR) is 96.7 cm³/mol. The van der Waals surface area contributed by atoms with Crippen LogP contribution in [0, 0.1) is 11.3 Å². The highest BCUT2D eigenvalue weighted by Crippen LogP contribution is 2.64.